The number of nitrogens with zero attached hydrogens (tertiary/aromatic N) is 3. The summed E-state index contributed by atoms with van der Waals surface area (Å²) in [6.07, 6.45) is 2.79. The highest BCUT2D eigenvalue weighted by Crippen LogP contribution is 2.35. The molecule has 1 saturated carbocycles. The minimum absolute atomic E-state index is 0.156. The van der Waals surface area contributed by atoms with Crippen molar-refractivity contribution in [2.24, 2.45) is 13.0 Å². The highest BCUT2D eigenvalue weighted by molar-refractivity contribution is 5.91. The standard InChI is InChI=1S/C18H24N4O3.C2HF3O2/c1-21-11-13(9-20-21)12-22-6-8-25-17-14(4-5-15(17)22)10-19-18(23)16-3-2-7-24-16;3-2(4,5)1(6)7/h2-3,7,9,11,14-15,17H,4-6,8,10,12H2,1H3,(H,19,23);(H,6,7). The van der Waals surface area contributed by atoms with Crippen LogP contribution in [0.25, 0.3) is 0 Å². The molecular formula is C20H25F3N4O5. The number of furan rings is 1. The first kappa shape index (κ1) is 23.8. The Hall–Kier alpha value is -2.86. The number of fused-ring (bicyclic) bond motifs is 1. The maximum atomic E-state index is 12.1. The Morgan fingerprint density at radius 1 is 1.34 bits per heavy atom. The zero-order valence-electron chi connectivity index (χ0n) is 17.4. The third-order valence-electron chi connectivity index (χ3n) is 5.49. The summed E-state index contributed by atoms with van der Waals surface area (Å²) in [6.45, 7) is 3.22. The van der Waals surface area contributed by atoms with Gasteiger partial charge in [-0.25, -0.2) is 4.79 Å². The predicted octanol–water partition coefficient (Wildman–Crippen LogP) is 2.06. The number of rotatable bonds is 5. The molecule has 2 aromatic rings. The minimum atomic E-state index is -5.08. The fourth-order valence-electron chi connectivity index (χ4n) is 4.06. The third kappa shape index (κ3) is 6.10. The quantitative estimate of drug-likeness (QED) is 0.706. The number of carboxylic acids is 1. The van der Waals surface area contributed by atoms with Crippen molar-refractivity contribution in [2.45, 2.75) is 37.7 Å². The summed E-state index contributed by atoms with van der Waals surface area (Å²) in [5, 5.41) is 14.4. The Kier molecular flexibility index (Phi) is 7.56. The number of ether oxygens (including phenoxy) is 1. The van der Waals surface area contributed by atoms with Crippen molar-refractivity contribution in [3.05, 3.63) is 42.1 Å². The Bertz CT molecular complexity index is 899. The second-order valence-corrected chi connectivity index (χ2v) is 7.72. The third-order valence-corrected chi connectivity index (χ3v) is 5.49. The van der Waals surface area contributed by atoms with Gasteiger partial charge in [-0.15, -0.1) is 0 Å². The van der Waals surface area contributed by atoms with Crippen LogP contribution in [0.2, 0.25) is 0 Å². The number of hydrogen-bond donors (Lipinski definition) is 2. The van der Waals surface area contributed by atoms with Crippen LogP contribution < -0.4 is 5.32 Å². The molecule has 3 atom stereocenters. The van der Waals surface area contributed by atoms with Crippen LogP contribution in [0.4, 0.5) is 13.2 Å². The molecular weight excluding hydrogens is 433 g/mol. The zero-order chi connectivity index (χ0) is 23.3. The number of carboxylic acid groups (broad SMARTS) is 1. The number of carbonyl (C=O) groups is 2. The van der Waals surface area contributed by atoms with Gasteiger partial charge in [-0.2, -0.15) is 18.3 Å². The van der Waals surface area contributed by atoms with E-state index in [0.717, 1.165) is 32.5 Å². The summed E-state index contributed by atoms with van der Waals surface area (Å²) in [7, 11) is 1.94. The molecule has 1 aliphatic heterocycles. The van der Waals surface area contributed by atoms with E-state index in [0.29, 0.717) is 24.3 Å². The second-order valence-electron chi connectivity index (χ2n) is 7.72. The van der Waals surface area contributed by atoms with Crippen molar-refractivity contribution in [1.29, 1.82) is 0 Å². The number of carbonyl (C=O) groups excluding carboxylic acids is 1. The van der Waals surface area contributed by atoms with E-state index in [2.05, 4.69) is 21.5 Å². The topological polar surface area (TPSA) is 110 Å². The molecule has 9 nitrogen and oxygen atoms in total. The van der Waals surface area contributed by atoms with Crippen molar-refractivity contribution in [3.8, 4) is 0 Å². The number of hydrogen-bond acceptors (Lipinski definition) is 6. The highest BCUT2D eigenvalue weighted by atomic mass is 19.4. The molecule has 0 radical (unpaired) electrons. The fraction of sp³-hybridized carbons (Fsp3) is 0.550. The molecule has 1 amide bonds. The van der Waals surface area contributed by atoms with Crippen molar-refractivity contribution in [3.63, 3.8) is 0 Å². The van der Waals surface area contributed by atoms with Crippen LogP contribution in [-0.4, -0.2) is 69.7 Å². The summed E-state index contributed by atoms with van der Waals surface area (Å²) >= 11 is 0. The molecule has 3 heterocycles. The molecule has 0 aromatic carbocycles. The normalized spacial score (nSPS) is 23.2. The van der Waals surface area contributed by atoms with Gasteiger partial charge >= 0.3 is 12.1 Å². The van der Waals surface area contributed by atoms with Crippen molar-refractivity contribution in [1.82, 2.24) is 20.0 Å². The Labute approximate surface area is 182 Å². The van der Waals surface area contributed by atoms with Gasteiger partial charge in [0, 0.05) is 50.4 Å². The monoisotopic (exact) mass is 458 g/mol. The first-order chi connectivity index (χ1) is 15.1. The number of aromatic nitrogens is 2. The van der Waals surface area contributed by atoms with Gasteiger partial charge in [0.2, 0.25) is 0 Å². The lowest BCUT2D eigenvalue weighted by molar-refractivity contribution is -0.192. The summed E-state index contributed by atoms with van der Waals surface area (Å²) in [5.74, 6) is -2.21. The number of amides is 1. The average molecular weight is 458 g/mol. The van der Waals surface area contributed by atoms with Crippen LogP contribution in [0, 0.1) is 5.92 Å². The van der Waals surface area contributed by atoms with E-state index in [1.807, 2.05) is 17.9 Å². The molecule has 0 bridgehead atoms. The van der Waals surface area contributed by atoms with Gasteiger partial charge in [-0.3, -0.25) is 14.4 Å². The SMILES string of the molecule is Cn1cc(CN2CCOC3C(CNC(=O)c4ccco4)CCC32)cn1.O=C(O)C(F)(F)F. The van der Waals surface area contributed by atoms with E-state index < -0.39 is 12.1 Å². The lowest BCUT2D eigenvalue weighted by Crippen LogP contribution is -2.50. The molecule has 32 heavy (non-hydrogen) atoms. The lowest BCUT2D eigenvalue weighted by atomic mass is 10.0. The van der Waals surface area contributed by atoms with Crippen LogP contribution in [-0.2, 0) is 23.1 Å². The second kappa shape index (κ2) is 10.2. The lowest BCUT2D eigenvalue weighted by Gasteiger charge is -2.39. The average Bonchev–Trinajstić information content (AvgIpc) is 3.47. The van der Waals surface area contributed by atoms with E-state index in [4.69, 9.17) is 19.1 Å². The van der Waals surface area contributed by atoms with E-state index >= 15 is 0 Å². The molecule has 12 heteroatoms. The van der Waals surface area contributed by atoms with Crippen LogP contribution in [0.5, 0.6) is 0 Å². The van der Waals surface area contributed by atoms with E-state index in [9.17, 15) is 18.0 Å². The number of halogens is 3. The molecule has 1 aliphatic carbocycles. The fourth-order valence-corrected chi connectivity index (χ4v) is 4.06. The first-order valence-corrected chi connectivity index (χ1v) is 10.1. The van der Waals surface area contributed by atoms with E-state index in [1.54, 1.807) is 12.1 Å². The van der Waals surface area contributed by atoms with E-state index in [1.165, 1.54) is 11.8 Å². The van der Waals surface area contributed by atoms with E-state index in [-0.39, 0.29) is 12.0 Å². The van der Waals surface area contributed by atoms with Crippen LogP contribution in [0.15, 0.2) is 35.2 Å². The molecule has 2 aliphatic rings. The molecule has 2 aromatic heterocycles. The Morgan fingerprint density at radius 2 is 2.09 bits per heavy atom. The van der Waals surface area contributed by atoms with Crippen LogP contribution in [0.3, 0.4) is 0 Å². The molecule has 176 valence electrons. The highest BCUT2D eigenvalue weighted by Gasteiger charge is 2.42. The summed E-state index contributed by atoms with van der Waals surface area (Å²) in [6, 6.07) is 3.82. The Balaban J connectivity index is 0.000000360. The molecule has 1 saturated heterocycles. The van der Waals surface area contributed by atoms with Gasteiger partial charge in [-0.05, 0) is 25.0 Å². The molecule has 4 rings (SSSR count). The minimum Gasteiger partial charge on any atom is -0.475 e. The zero-order valence-corrected chi connectivity index (χ0v) is 17.4. The van der Waals surface area contributed by atoms with Crippen molar-refractivity contribution < 1.29 is 37.0 Å². The van der Waals surface area contributed by atoms with Gasteiger partial charge < -0.3 is 19.6 Å². The largest absolute Gasteiger partial charge is 0.490 e. The van der Waals surface area contributed by atoms with Crippen LogP contribution in [0.1, 0.15) is 29.0 Å². The Morgan fingerprint density at radius 3 is 2.69 bits per heavy atom. The number of morpholine rings is 1. The summed E-state index contributed by atoms with van der Waals surface area (Å²) in [5.41, 5.74) is 1.23. The number of nitrogens with one attached hydrogen (secondary N) is 1. The maximum absolute atomic E-state index is 12.1. The maximum Gasteiger partial charge on any atom is 0.490 e. The van der Waals surface area contributed by atoms with Gasteiger partial charge in [0.15, 0.2) is 5.76 Å². The summed E-state index contributed by atoms with van der Waals surface area (Å²) < 4.78 is 44.8. The van der Waals surface area contributed by atoms with Gasteiger partial charge in [0.25, 0.3) is 5.91 Å². The molecule has 3 unspecified atom stereocenters. The number of aliphatic carboxylic acids is 1. The first-order valence-electron chi connectivity index (χ1n) is 10.1. The van der Waals surface area contributed by atoms with Crippen LogP contribution >= 0.6 is 0 Å². The van der Waals surface area contributed by atoms with Gasteiger partial charge in [0.05, 0.1) is 25.2 Å². The smallest absolute Gasteiger partial charge is 0.475 e. The van der Waals surface area contributed by atoms with Gasteiger partial charge in [-0.1, -0.05) is 0 Å². The molecule has 2 N–H and O–H groups in total. The number of alkyl halides is 3. The molecule has 0 spiro atoms. The summed E-state index contributed by atoms with van der Waals surface area (Å²) in [4.78, 5) is 23.5. The van der Waals surface area contributed by atoms with Crippen molar-refractivity contribution in [2.75, 3.05) is 19.7 Å². The van der Waals surface area contributed by atoms with Crippen molar-refractivity contribution >= 4 is 11.9 Å². The number of aryl methyl sites for hydroxylation is 1. The predicted molar refractivity (Wildman–Crippen MR) is 105 cm³/mol. The molecule has 2 fully saturated rings. The van der Waals surface area contributed by atoms with Gasteiger partial charge in [0.1, 0.15) is 0 Å².